The highest BCUT2D eigenvalue weighted by atomic mass is 35.5. The molecule has 0 bridgehead atoms. The molecule has 0 radical (unpaired) electrons. The zero-order valence-corrected chi connectivity index (χ0v) is 22.4. The van der Waals surface area contributed by atoms with E-state index >= 15 is 0 Å². The third-order valence-corrected chi connectivity index (χ3v) is 7.60. The van der Waals surface area contributed by atoms with Gasteiger partial charge in [-0.15, -0.1) is 0 Å². The predicted molar refractivity (Wildman–Crippen MR) is 141 cm³/mol. The molecule has 2 aromatic rings. The van der Waals surface area contributed by atoms with Crippen molar-refractivity contribution in [2.45, 2.75) is 58.0 Å². The molecular formula is C28H37ClN2O6. The van der Waals surface area contributed by atoms with Crippen molar-refractivity contribution in [3.8, 4) is 11.5 Å². The molecule has 2 aromatic carbocycles. The number of fused-ring (bicyclic) bond motifs is 2. The lowest BCUT2D eigenvalue weighted by molar-refractivity contribution is -0.0835. The van der Waals surface area contributed by atoms with Crippen molar-refractivity contribution in [1.82, 2.24) is 10.2 Å². The standard InChI is InChI=1S/C28H37ClN2O6/c1-27(2,3)25(15-32)30-26(35)22-6-5-20(33)13-24(22)36-17-21(34)14-31-10-8-28(9-11-31)23-7-4-19(29)12-18(23)16-37-28/h4-7,12-13,21,25,32-34H,8-11,14-17H2,1-3H3,(H,30,35)/t21-,25?/m0/s1. The normalized spacial score (nSPS) is 18.9. The van der Waals surface area contributed by atoms with Gasteiger partial charge in [-0.1, -0.05) is 38.4 Å². The number of aliphatic hydroxyl groups excluding tert-OH is 2. The number of hydrogen-bond donors (Lipinski definition) is 4. The van der Waals surface area contributed by atoms with Gasteiger partial charge in [-0.25, -0.2) is 0 Å². The minimum absolute atomic E-state index is 0.0358. The first-order valence-corrected chi connectivity index (χ1v) is 13.1. The number of nitrogens with one attached hydrogen (secondary N) is 1. The molecule has 1 spiro atoms. The number of β-amino-alcohol motifs (C(OH)–C–C–N with tert-alkyl or cyclic N) is 1. The fourth-order valence-corrected chi connectivity index (χ4v) is 5.25. The number of aliphatic hydroxyl groups is 2. The Morgan fingerprint density at radius 3 is 2.62 bits per heavy atom. The summed E-state index contributed by atoms with van der Waals surface area (Å²) in [5.41, 5.74) is 1.95. The topological polar surface area (TPSA) is 111 Å². The van der Waals surface area contributed by atoms with Crippen LogP contribution in [0.5, 0.6) is 11.5 Å². The molecule has 8 nitrogen and oxygen atoms in total. The fourth-order valence-electron chi connectivity index (χ4n) is 5.06. The fraction of sp³-hybridized carbons (Fsp3) is 0.536. The number of aromatic hydroxyl groups is 1. The van der Waals surface area contributed by atoms with Crippen LogP contribution in [0.2, 0.25) is 5.02 Å². The van der Waals surface area contributed by atoms with Crippen molar-refractivity contribution >= 4 is 17.5 Å². The number of hydrogen-bond acceptors (Lipinski definition) is 7. The van der Waals surface area contributed by atoms with Crippen molar-refractivity contribution in [1.29, 1.82) is 0 Å². The number of benzene rings is 2. The Bertz CT molecular complexity index is 1110. The Balaban J connectivity index is 1.32. The van der Waals surface area contributed by atoms with Crippen LogP contribution in [0.3, 0.4) is 0 Å². The number of carbonyl (C=O) groups is 1. The van der Waals surface area contributed by atoms with Crippen molar-refractivity contribution in [2.24, 2.45) is 5.41 Å². The Morgan fingerprint density at radius 2 is 1.95 bits per heavy atom. The van der Waals surface area contributed by atoms with Gasteiger partial charge in [-0.3, -0.25) is 4.79 Å². The summed E-state index contributed by atoms with van der Waals surface area (Å²) in [6.07, 6.45) is 0.861. The highest BCUT2D eigenvalue weighted by Crippen LogP contribution is 2.44. The van der Waals surface area contributed by atoms with Gasteiger partial charge in [0.15, 0.2) is 0 Å². The van der Waals surface area contributed by atoms with Gasteiger partial charge in [-0.2, -0.15) is 0 Å². The van der Waals surface area contributed by atoms with E-state index in [0.29, 0.717) is 13.2 Å². The molecule has 0 saturated carbocycles. The highest BCUT2D eigenvalue weighted by Gasteiger charge is 2.42. The number of likely N-dealkylation sites (tertiary alicyclic amines) is 1. The van der Waals surface area contributed by atoms with Crippen LogP contribution >= 0.6 is 11.6 Å². The summed E-state index contributed by atoms with van der Waals surface area (Å²) >= 11 is 6.14. The van der Waals surface area contributed by atoms with E-state index in [0.717, 1.165) is 36.5 Å². The molecule has 1 saturated heterocycles. The number of halogens is 1. The minimum Gasteiger partial charge on any atom is -0.508 e. The summed E-state index contributed by atoms with van der Waals surface area (Å²) in [5, 5.41) is 33.9. The SMILES string of the molecule is CC(C)(C)C(CO)NC(=O)c1ccc(O)cc1OC[C@@H](O)CN1CCC2(CC1)OCc1cc(Cl)ccc12. The Kier molecular flexibility index (Phi) is 8.35. The zero-order valence-electron chi connectivity index (χ0n) is 21.7. The van der Waals surface area contributed by atoms with E-state index in [1.807, 2.05) is 32.9 Å². The van der Waals surface area contributed by atoms with E-state index in [1.54, 1.807) is 0 Å². The van der Waals surface area contributed by atoms with Gasteiger partial charge in [0.05, 0.1) is 30.4 Å². The third-order valence-electron chi connectivity index (χ3n) is 7.37. The second kappa shape index (κ2) is 11.2. The molecule has 1 amide bonds. The average molecular weight is 533 g/mol. The summed E-state index contributed by atoms with van der Waals surface area (Å²) in [5.74, 6) is -0.290. The van der Waals surface area contributed by atoms with E-state index in [-0.39, 0.29) is 41.3 Å². The molecule has 0 aromatic heterocycles. The number of piperidine rings is 1. The summed E-state index contributed by atoms with van der Waals surface area (Å²) in [6, 6.07) is 9.73. The molecule has 2 heterocycles. The van der Waals surface area contributed by atoms with E-state index in [1.165, 1.54) is 23.8 Å². The van der Waals surface area contributed by atoms with Crippen molar-refractivity contribution < 1.29 is 29.6 Å². The summed E-state index contributed by atoms with van der Waals surface area (Å²) in [7, 11) is 0. The summed E-state index contributed by atoms with van der Waals surface area (Å²) in [6.45, 7) is 8.07. The lowest BCUT2D eigenvalue weighted by Crippen LogP contribution is -2.46. The van der Waals surface area contributed by atoms with E-state index in [4.69, 9.17) is 21.1 Å². The van der Waals surface area contributed by atoms with Gasteiger partial charge in [0.1, 0.15) is 24.2 Å². The van der Waals surface area contributed by atoms with E-state index in [9.17, 15) is 20.1 Å². The number of phenols is 1. The van der Waals surface area contributed by atoms with Crippen LogP contribution in [0.25, 0.3) is 0 Å². The third kappa shape index (κ3) is 6.38. The highest BCUT2D eigenvalue weighted by molar-refractivity contribution is 6.30. The van der Waals surface area contributed by atoms with Crippen molar-refractivity contribution in [2.75, 3.05) is 32.8 Å². The van der Waals surface area contributed by atoms with Gasteiger partial charge in [0.2, 0.25) is 0 Å². The Hall–Kier alpha value is -2.36. The van der Waals surface area contributed by atoms with Gasteiger partial charge in [-0.05, 0) is 53.6 Å². The first-order chi connectivity index (χ1) is 17.5. The number of nitrogens with zero attached hydrogens (tertiary/aromatic N) is 1. The number of ether oxygens (including phenoxy) is 2. The van der Waals surface area contributed by atoms with Crippen LogP contribution in [0.15, 0.2) is 36.4 Å². The Morgan fingerprint density at radius 1 is 1.22 bits per heavy atom. The van der Waals surface area contributed by atoms with Gasteiger partial charge >= 0.3 is 0 Å². The molecule has 202 valence electrons. The Labute approximate surface area is 223 Å². The van der Waals surface area contributed by atoms with Gasteiger partial charge in [0.25, 0.3) is 5.91 Å². The largest absolute Gasteiger partial charge is 0.508 e. The quantitative estimate of drug-likeness (QED) is 0.412. The summed E-state index contributed by atoms with van der Waals surface area (Å²) in [4.78, 5) is 15.1. The van der Waals surface area contributed by atoms with Crippen LogP contribution < -0.4 is 10.1 Å². The first kappa shape index (κ1) is 27.7. The van der Waals surface area contributed by atoms with Crippen LogP contribution in [-0.4, -0.2) is 71.1 Å². The monoisotopic (exact) mass is 532 g/mol. The van der Waals surface area contributed by atoms with Crippen LogP contribution in [0.4, 0.5) is 0 Å². The maximum Gasteiger partial charge on any atom is 0.255 e. The molecule has 2 atom stereocenters. The molecule has 4 N–H and O–H groups in total. The molecule has 0 aliphatic carbocycles. The predicted octanol–water partition coefficient (Wildman–Crippen LogP) is 3.44. The smallest absolute Gasteiger partial charge is 0.255 e. The average Bonchev–Trinajstić information content (AvgIpc) is 3.18. The van der Waals surface area contributed by atoms with Crippen LogP contribution in [0.1, 0.15) is 55.1 Å². The van der Waals surface area contributed by atoms with E-state index < -0.39 is 18.1 Å². The maximum absolute atomic E-state index is 12.9. The first-order valence-electron chi connectivity index (χ1n) is 12.7. The molecular weight excluding hydrogens is 496 g/mol. The second-order valence-electron chi connectivity index (χ2n) is 11.1. The lowest BCUT2D eigenvalue weighted by Gasteiger charge is -2.39. The van der Waals surface area contributed by atoms with Crippen molar-refractivity contribution in [3.63, 3.8) is 0 Å². The van der Waals surface area contributed by atoms with Gasteiger partial charge in [0, 0.05) is 30.7 Å². The maximum atomic E-state index is 12.9. The van der Waals surface area contributed by atoms with E-state index in [2.05, 4.69) is 16.3 Å². The number of phenolic OH excluding ortho intramolecular Hbond substituents is 1. The molecule has 2 aliphatic heterocycles. The molecule has 2 aliphatic rings. The van der Waals surface area contributed by atoms with Crippen LogP contribution in [0, 0.1) is 5.41 Å². The lowest BCUT2D eigenvalue weighted by atomic mass is 9.84. The number of rotatable bonds is 8. The molecule has 1 fully saturated rings. The molecule has 37 heavy (non-hydrogen) atoms. The minimum atomic E-state index is -0.789. The van der Waals surface area contributed by atoms with Crippen molar-refractivity contribution in [3.05, 3.63) is 58.1 Å². The molecule has 9 heteroatoms. The molecule has 1 unspecified atom stereocenters. The molecule has 4 rings (SSSR count). The van der Waals surface area contributed by atoms with Gasteiger partial charge < -0.3 is 35.0 Å². The second-order valence-corrected chi connectivity index (χ2v) is 11.5. The number of carbonyl (C=O) groups excluding carboxylic acids is 1. The zero-order chi connectivity index (χ0) is 26.8. The summed E-state index contributed by atoms with van der Waals surface area (Å²) < 4.78 is 12.0. The van der Waals surface area contributed by atoms with Crippen LogP contribution in [-0.2, 0) is 16.9 Å². The number of amides is 1.